The molecule has 1 N–H and O–H groups in total. The number of benzene rings is 1. The summed E-state index contributed by atoms with van der Waals surface area (Å²) in [5.41, 5.74) is 1.59. The summed E-state index contributed by atoms with van der Waals surface area (Å²) in [7, 11) is 0. The van der Waals surface area contributed by atoms with E-state index in [1.807, 2.05) is 12.2 Å². The molecule has 0 saturated carbocycles. The van der Waals surface area contributed by atoms with Crippen molar-refractivity contribution in [2.75, 3.05) is 0 Å². The van der Waals surface area contributed by atoms with Crippen molar-refractivity contribution in [3.63, 3.8) is 0 Å². The third kappa shape index (κ3) is 2.47. The van der Waals surface area contributed by atoms with Crippen LogP contribution in [0.4, 0.5) is 0 Å². The predicted molar refractivity (Wildman–Crippen MR) is 78.9 cm³/mol. The van der Waals surface area contributed by atoms with Crippen molar-refractivity contribution in [2.24, 2.45) is 0 Å². The summed E-state index contributed by atoms with van der Waals surface area (Å²) in [6, 6.07) is 8.36. The van der Waals surface area contributed by atoms with E-state index in [0.29, 0.717) is 5.92 Å². The molecule has 0 aromatic heterocycles. The van der Waals surface area contributed by atoms with Crippen molar-refractivity contribution in [1.82, 2.24) is 0 Å². The zero-order valence-corrected chi connectivity index (χ0v) is 10.9. The van der Waals surface area contributed by atoms with Gasteiger partial charge in [0, 0.05) is 5.92 Å². The third-order valence-corrected chi connectivity index (χ3v) is 3.88. The van der Waals surface area contributed by atoms with Crippen LogP contribution in [0, 0.1) is 0 Å². The van der Waals surface area contributed by atoms with Crippen molar-refractivity contribution >= 4 is 0 Å². The van der Waals surface area contributed by atoms with Gasteiger partial charge in [-0.25, -0.2) is 0 Å². The van der Waals surface area contributed by atoms with Crippen molar-refractivity contribution < 1.29 is 5.11 Å². The molecular weight excluding hydrogens is 232 g/mol. The molecule has 19 heavy (non-hydrogen) atoms. The normalized spacial score (nSPS) is 20.9. The molecule has 2 aliphatic carbocycles. The highest BCUT2D eigenvalue weighted by Crippen LogP contribution is 2.35. The summed E-state index contributed by atoms with van der Waals surface area (Å²) in [6.45, 7) is 0. The monoisotopic (exact) mass is 250 g/mol. The molecule has 1 aromatic rings. The van der Waals surface area contributed by atoms with Crippen LogP contribution in [0.15, 0.2) is 72.9 Å². The molecule has 0 aliphatic heterocycles. The lowest BCUT2D eigenvalue weighted by Gasteiger charge is -2.23. The molecule has 0 unspecified atom stereocenters. The molecule has 1 aromatic carbocycles. The predicted octanol–water partition coefficient (Wildman–Crippen LogP) is 3.99. The molecule has 0 spiro atoms. The molecule has 0 amide bonds. The zero-order valence-electron chi connectivity index (χ0n) is 10.9. The summed E-state index contributed by atoms with van der Waals surface area (Å²) in [5, 5.41) is 10.5. The van der Waals surface area contributed by atoms with Crippen molar-refractivity contribution in [2.45, 2.75) is 24.4 Å². The first-order chi connectivity index (χ1) is 9.28. The Kier molecular flexibility index (Phi) is 3.22. The molecule has 1 heteroatoms. The molecule has 0 fully saturated rings. The Labute approximate surface area is 114 Å². The summed E-state index contributed by atoms with van der Waals surface area (Å²) in [6.07, 6.45) is 18.1. The van der Waals surface area contributed by atoms with Gasteiger partial charge >= 0.3 is 0 Å². The minimum absolute atomic E-state index is 0.320. The van der Waals surface area contributed by atoms with Crippen molar-refractivity contribution in [3.05, 3.63) is 84.0 Å². The first-order valence-corrected chi connectivity index (χ1v) is 6.77. The lowest BCUT2D eigenvalue weighted by Crippen LogP contribution is -2.21. The second-order valence-electron chi connectivity index (χ2n) is 5.21. The Morgan fingerprint density at radius 2 is 1.42 bits per heavy atom. The van der Waals surface area contributed by atoms with Gasteiger partial charge in [0.25, 0.3) is 0 Å². The van der Waals surface area contributed by atoms with E-state index in [4.69, 9.17) is 0 Å². The van der Waals surface area contributed by atoms with Crippen LogP contribution in [0.25, 0.3) is 0 Å². The first-order valence-electron chi connectivity index (χ1n) is 6.77. The number of hydrogen-bond donors (Lipinski definition) is 1. The number of allylic oxidation sites excluding steroid dienone is 6. The lowest BCUT2D eigenvalue weighted by molar-refractivity contribution is 0.0509. The SMILES string of the molecule is OC1(c2ccc(C3C=CC=CC=C3)cc2)CC=CC1. The largest absolute Gasteiger partial charge is 0.385 e. The Hall–Kier alpha value is -1.86. The molecule has 0 heterocycles. The van der Waals surface area contributed by atoms with Gasteiger partial charge in [0.15, 0.2) is 0 Å². The Bertz CT molecular complexity index is 534. The van der Waals surface area contributed by atoms with Gasteiger partial charge in [0.1, 0.15) is 0 Å². The van der Waals surface area contributed by atoms with Gasteiger partial charge in [-0.3, -0.25) is 0 Å². The third-order valence-electron chi connectivity index (χ3n) is 3.88. The van der Waals surface area contributed by atoms with Crippen molar-refractivity contribution in [3.8, 4) is 0 Å². The van der Waals surface area contributed by atoms with Gasteiger partial charge < -0.3 is 5.11 Å². The smallest absolute Gasteiger partial charge is 0.0965 e. The van der Waals surface area contributed by atoms with Gasteiger partial charge in [-0.1, -0.05) is 72.9 Å². The lowest BCUT2D eigenvalue weighted by atomic mass is 9.89. The highest BCUT2D eigenvalue weighted by atomic mass is 16.3. The molecule has 96 valence electrons. The fourth-order valence-corrected chi connectivity index (χ4v) is 2.67. The van der Waals surface area contributed by atoms with Crippen LogP contribution in [0.2, 0.25) is 0 Å². The van der Waals surface area contributed by atoms with E-state index >= 15 is 0 Å². The maximum Gasteiger partial charge on any atom is 0.0965 e. The quantitative estimate of drug-likeness (QED) is 0.787. The van der Waals surface area contributed by atoms with E-state index < -0.39 is 5.60 Å². The Balaban J connectivity index is 1.83. The van der Waals surface area contributed by atoms with Crippen molar-refractivity contribution in [1.29, 1.82) is 0 Å². The Morgan fingerprint density at radius 1 is 0.842 bits per heavy atom. The average Bonchev–Trinajstić information content (AvgIpc) is 2.73. The minimum atomic E-state index is -0.685. The van der Waals surface area contributed by atoms with Gasteiger partial charge in [-0.05, 0) is 24.0 Å². The van der Waals surface area contributed by atoms with Crippen LogP contribution in [0.1, 0.15) is 29.9 Å². The second kappa shape index (κ2) is 5.02. The summed E-state index contributed by atoms with van der Waals surface area (Å²) in [5.74, 6) is 0.320. The average molecular weight is 250 g/mol. The topological polar surface area (TPSA) is 20.2 Å². The van der Waals surface area contributed by atoms with E-state index in [0.717, 1.165) is 18.4 Å². The summed E-state index contributed by atoms with van der Waals surface area (Å²) in [4.78, 5) is 0. The van der Waals surface area contributed by atoms with Crippen LogP contribution < -0.4 is 0 Å². The van der Waals surface area contributed by atoms with E-state index in [1.54, 1.807) is 0 Å². The van der Waals surface area contributed by atoms with E-state index in [9.17, 15) is 5.11 Å². The van der Waals surface area contributed by atoms with Gasteiger partial charge in [0.05, 0.1) is 5.60 Å². The fourth-order valence-electron chi connectivity index (χ4n) is 2.67. The van der Waals surface area contributed by atoms with Gasteiger partial charge in [-0.2, -0.15) is 0 Å². The minimum Gasteiger partial charge on any atom is -0.385 e. The molecule has 1 nitrogen and oxygen atoms in total. The zero-order chi connectivity index (χ0) is 13.1. The highest BCUT2D eigenvalue weighted by molar-refractivity contribution is 5.37. The van der Waals surface area contributed by atoms with E-state index in [1.165, 1.54) is 5.56 Å². The molecule has 0 radical (unpaired) electrons. The Morgan fingerprint density at radius 3 is 2.00 bits per heavy atom. The molecular formula is C18H18O. The van der Waals surface area contributed by atoms with Crippen LogP contribution in [-0.4, -0.2) is 5.11 Å². The van der Waals surface area contributed by atoms with Gasteiger partial charge in [-0.15, -0.1) is 0 Å². The number of hydrogen-bond acceptors (Lipinski definition) is 1. The maximum absolute atomic E-state index is 10.5. The fraction of sp³-hybridized carbons (Fsp3) is 0.222. The summed E-state index contributed by atoms with van der Waals surface area (Å²) >= 11 is 0. The molecule has 0 bridgehead atoms. The molecule has 3 rings (SSSR count). The van der Waals surface area contributed by atoms with Crippen LogP contribution in [0.5, 0.6) is 0 Å². The maximum atomic E-state index is 10.5. The molecule has 0 saturated heterocycles. The standard InChI is InChI=1S/C18H18O/c19-18(13-5-6-14-18)17-11-9-16(10-12-17)15-7-3-1-2-4-8-15/h1-12,15,19H,13-14H2. The second-order valence-corrected chi connectivity index (χ2v) is 5.21. The first kappa shape index (κ1) is 12.2. The van der Waals surface area contributed by atoms with Gasteiger partial charge in [0.2, 0.25) is 0 Å². The highest BCUT2D eigenvalue weighted by Gasteiger charge is 2.29. The number of aliphatic hydroxyl groups is 1. The van der Waals surface area contributed by atoms with Crippen LogP contribution in [0.3, 0.4) is 0 Å². The van der Waals surface area contributed by atoms with E-state index in [-0.39, 0.29) is 0 Å². The summed E-state index contributed by atoms with van der Waals surface area (Å²) < 4.78 is 0. The molecule has 2 aliphatic rings. The van der Waals surface area contributed by atoms with Crippen LogP contribution in [-0.2, 0) is 5.60 Å². The number of rotatable bonds is 2. The molecule has 0 atom stereocenters. The van der Waals surface area contributed by atoms with Crippen LogP contribution >= 0.6 is 0 Å². The van der Waals surface area contributed by atoms with E-state index in [2.05, 4.69) is 60.7 Å².